The van der Waals surface area contributed by atoms with Gasteiger partial charge in [-0.2, -0.15) is 0 Å². The average molecular weight is 370 g/mol. The normalized spacial score (nSPS) is 16.0. The zero-order valence-electron chi connectivity index (χ0n) is 16.1. The van der Waals surface area contributed by atoms with E-state index in [1.807, 2.05) is 19.1 Å². The summed E-state index contributed by atoms with van der Waals surface area (Å²) in [5, 5.41) is 3.63. The molecule has 0 bridgehead atoms. The lowest BCUT2D eigenvalue weighted by molar-refractivity contribution is 0.0526. The Morgan fingerprint density at radius 3 is 2.67 bits per heavy atom. The lowest BCUT2D eigenvalue weighted by Crippen LogP contribution is -2.38. The third kappa shape index (κ3) is 4.29. The Morgan fingerprint density at radius 1 is 1.22 bits per heavy atom. The van der Waals surface area contributed by atoms with Crippen LogP contribution in [0.1, 0.15) is 67.4 Å². The lowest BCUT2D eigenvalue weighted by atomic mass is 9.76. The Bertz CT molecular complexity index is 801. The molecule has 1 aliphatic rings. The second kappa shape index (κ2) is 8.51. The smallest absolute Gasteiger partial charge is 0.339 e. The number of hydrogen-bond donors (Lipinski definition) is 1. The first-order valence-corrected chi connectivity index (χ1v) is 9.78. The Hall–Kier alpha value is -2.43. The lowest BCUT2D eigenvalue weighted by Gasteiger charge is -2.39. The SMILES string of the molecule is CCOC(=O)c1cnc(NC2(c3cccc(F)c3)CCCCC2)c(CC)c1. The van der Waals surface area contributed by atoms with Crippen LogP contribution in [0, 0.1) is 5.82 Å². The Morgan fingerprint density at radius 2 is 2.00 bits per heavy atom. The molecule has 1 aliphatic carbocycles. The van der Waals surface area contributed by atoms with E-state index in [-0.39, 0.29) is 17.3 Å². The highest BCUT2D eigenvalue weighted by atomic mass is 19.1. The molecule has 0 atom stereocenters. The van der Waals surface area contributed by atoms with Crippen molar-refractivity contribution in [2.45, 2.75) is 57.9 Å². The summed E-state index contributed by atoms with van der Waals surface area (Å²) in [6.07, 6.45) is 7.53. The molecule has 3 rings (SSSR count). The van der Waals surface area contributed by atoms with Gasteiger partial charge in [-0.1, -0.05) is 38.3 Å². The van der Waals surface area contributed by atoms with E-state index in [1.165, 1.54) is 12.5 Å². The molecule has 1 fully saturated rings. The van der Waals surface area contributed by atoms with Crippen LogP contribution in [0.3, 0.4) is 0 Å². The maximum absolute atomic E-state index is 13.9. The maximum atomic E-state index is 13.9. The summed E-state index contributed by atoms with van der Waals surface area (Å²) in [5.74, 6) is 0.182. The van der Waals surface area contributed by atoms with E-state index in [2.05, 4.69) is 10.3 Å². The van der Waals surface area contributed by atoms with Gasteiger partial charge in [0.25, 0.3) is 0 Å². The predicted octanol–water partition coefficient (Wildman–Crippen LogP) is 5.23. The van der Waals surface area contributed by atoms with Gasteiger partial charge >= 0.3 is 5.97 Å². The number of carbonyl (C=O) groups is 1. The zero-order valence-corrected chi connectivity index (χ0v) is 16.1. The van der Waals surface area contributed by atoms with Crippen LogP contribution in [0.25, 0.3) is 0 Å². The van der Waals surface area contributed by atoms with Crippen LogP contribution in [-0.4, -0.2) is 17.6 Å². The molecule has 1 N–H and O–H groups in total. The molecule has 0 saturated heterocycles. The number of esters is 1. The molecule has 5 heteroatoms. The molecule has 2 aromatic rings. The van der Waals surface area contributed by atoms with Crippen molar-refractivity contribution in [2.75, 3.05) is 11.9 Å². The molecule has 1 heterocycles. The van der Waals surface area contributed by atoms with Gasteiger partial charge in [-0.15, -0.1) is 0 Å². The van der Waals surface area contributed by atoms with Gasteiger partial charge in [0.2, 0.25) is 0 Å². The van der Waals surface area contributed by atoms with Gasteiger partial charge in [0, 0.05) is 6.20 Å². The Kier molecular flexibility index (Phi) is 6.09. The Labute approximate surface area is 160 Å². The molecule has 4 nitrogen and oxygen atoms in total. The summed E-state index contributed by atoms with van der Waals surface area (Å²) < 4.78 is 19.0. The van der Waals surface area contributed by atoms with Crippen molar-refractivity contribution in [3.63, 3.8) is 0 Å². The van der Waals surface area contributed by atoms with Crippen LogP contribution in [0.4, 0.5) is 10.2 Å². The van der Waals surface area contributed by atoms with Crippen molar-refractivity contribution in [3.8, 4) is 0 Å². The largest absolute Gasteiger partial charge is 0.462 e. The number of pyridine rings is 1. The van der Waals surface area contributed by atoms with Crippen molar-refractivity contribution in [1.82, 2.24) is 4.98 Å². The molecule has 0 amide bonds. The van der Waals surface area contributed by atoms with Crippen LogP contribution in [0.15, 0.2) is 36.5 Å². The van der Waals surface area contributed by atoms with Crippen molar-refractivity contribution >= 4 is 11.8 Å². The topological polar surface area (TPSA) is 51.2 Å². The van der Waals surface area contributed by atoms with Crippen molar-refractivity contribution in [3.05, 3.63) is 59.0 Å². The first-order chi connectivity index (χ1) is 13.1. The molecule has 0 spiro atoms. The van der Waals surface area contributed by atoms with Gasteiger partial charge in [0.05, 0.1) is 17.7 Å². The van der Waals surface area contributed by atoms with Gasteiger partial charge < -0.3 is 10.1 Å². The minimum atomic E-state index is -0.358. The third-order valence-corrected chi connectivity index (χ3v) is 5.30. The molecule has 0 radical (unpaired) electrons. The van der Waals surface area contributed by atoms with E-state index in [0.717, 1.165) is 49.0 Å². The number of benzene rings is 1. The molecule has 1 aromatic heterocycles. The fourth-order valence-electron chi connectivity index (χ4n) is 3.87. The van der Waals surface area contributed by atoms with Crippen molar-refractivity contribution in [2.24, 2.45) is 0 Å². The summed E-state index contributed by atoms with van der Waals surface area (Å²) in [6, 6.07) is 8.69. The average Bonchev–Trinajstić information content (AvgIpc) is 2.69. The van der Waals surface area contributed by atoms with Gasteiger partial charge in [-0.05, 0) is 55.5 Å². The molecule has 144 valence electrons. The maximum Gasteiger partial charge on any atom is 0.339 e. The zero-order chi connectivity index (χ0) is 19.3. The number of aromatic nitrogens is 1. The van der Waals surface area contributed by atoms with Crippen LogP contribution in [0.2, 0.25) is 0 Å². The molecule has 1 aromatic carbocycles. The van der Waals surface area contributed by atoms with E-state index in [9.17, 15) is 9.18 Å². The summed E-state index contributed by atoms with van der Waals surface area (Å²) in [6.45, 7) is 4.16. The molecular weight excluding hydrogens is 343 g/mol. The van der Waals surface area contributed by atoms with E-state index in [1.54, 1.807) is 25.3 Å². The summed E-state index contributed by atoms with van der Waals surface area (Å²) in [5.41, 5.74) is 2.05. The minimum Gasteiger partial charge on any atom is -0.462 e. The number of nitrogens with one attached hydrogen (secondary N) is 1. The molecule has 1 saturated carbocycles. The first kappa shape index (κ1) is 19.3. The van der Waals surface area contributed by atoms with Crippen molar-refractivity contribution < 1.29 is 13.9 Å². The second-order valence-corrected chi connectivity index (χ2v) is 7.08. The molecule has 0 unspecified atom stereocenters. The van der Waals surface area contributed by atoms with Gasteiger partial charge in [0.15, 0.2) is 0 Å². The first-order valence-electron chi connectivity index (χ1n) is 9.78. The fourth-order valence-corrected chi connectivity index (χ4v) is 3.87. The summed E-state index contributed by atoms with van der Waals surface area (Å²) in [4.78, 5) is 16.5. The number of ether oxygens (including phenoxy) is 1. The highest BCUT2D eigenvalue weighted by Crippen LogP contribution is 2.40. The van der Waals surface area contributed by atoms with Crippen LogP contribution < -0.4 is 5.32 Å². The third-order valence-electron chi connectivity index (χ3n) is 5.30. The number of nitrogens with zero attached hydrogens (tertiary/aromatic N) is 1. The summed E-state index contributed by atoms with van der Waals surface area (Å²) >= 11 is 0. The number of aryl methyl sites for hydroxylation is 1. The monoisotopic (exact) mass is 370 g/mol. The minimum absolute atomic E-state index is 0.222. The van der Waals surface area contributed by atoms with Crippen LogP contribution in [-0.2, 0) is 16.7 Å². The van der Waals surface area contributed by atoms with Crippen molar-refractivity contribution in [1.29, 1.82) is 0 Å². The molecular formula is C22H27FN2O2. The number of hydrogen-bond acceptors (Lipinski definition) is 4. The summed E-state index contributed by atoms with van der Waals surface area (Å²) in [7, 11) is 0. The fraction of sp³-hybridized carbons (Fsp3) is 0.455. The van der Waals surface area contributed by atoms with E-state index in [0.29, 0.717) is 12.2 Å². The standard InChI is InChI=1S/C22H27FN2O2/c1-3-16-13-17(21(26)27-4-2)15-24-20(16)25-22(11-6-5-7-12-22)18-9-8-10-19(23)14-18/h8-10,13-15H,3-7,11-12H2,1-2H3,(H,24,25). The Balaban J connectivity index is 1.95. The number of rotatable bonds is 6. The molecule has 0 aliphatic heterocycles. The highest BCUT2D eigenvalue weighted by molar-refractivity contribution is 5.89. The van der Waals surface area contributed by atoms with Crippen LogP contribution in [0.5, 0.6) is 0 Å². The van der Waals surface area contributed by atoms with Gasteiger partial charge in [0.1, 0.15) is 11.6 Å². The second-order valence-electron chi connectivity index (χ2n) is 7.08. The number of carbonyl (C=O) groups excluding carboxylic acids is 1. The van der Waals surface area contributed by atoms with E-state index >= 15 is 0 Å². The molecule has 27 heavy (non-hydrogen) atoms. The van der Waals surface area contributed by atoms with Crippen LogP contribution >= 0.6 is 0 Å². The van der Waals surface area contributed by atoms with Gasteiger partial charge in [-0.3, -0.25) is 0 Å². The highest BCUT2D eigenvalue weighted by Gasteiger charge is 2.35. The van der Waals surface area contributed by atoms with E-state index < -0.39 is 0 Å². The van der Waals surface area contributed by atoms with E-state index in [4.69, 9.17) is 4.74 Å². The van der Waals surface area contributed by atoms with Gasteiger partial charge in [-0.25, -0.2) is 14.2 Å². The quantitative estimate of drug-likeness (QED) is 0.707. The number of anilines is 1. The number of halogens is 1. The predicted molar refractivity (Wildman–Crippen MR) is 104 cm³/mol.